The minimum Gasteiger partial charge on any atom is -0.462 e. The molecule has 0 fully saturated rings. The Labute approximate surface area is 348 Å². The summed E-state index contributed by atoms with van der Waals surface area (Å²) < 4.78 is 26.4. The number of carbonyl (C=O) groups excluding carboxylic acids is 2. The van der Waals surface area contributed by atoms with Crippen molar-refractivity contribution in [2.45, 2.75) is 212 Å². The van der Waals surface area contributed by atoms with E-state index in [0.717, 1.165) is 38.5 Å². The van der Waals surface area contributed by atoms with Gasteiger partial charge in [-0.2, -0.15) is 0 Å². The number of aliphatic hydroxyl groups excluding tert-OH is 1. The van der Waals surface area contributed by atoms with Crippen molar-refractivity contribution in [2.75, 3.05) is 13.2 Å². The van der Waals surface area contributed by atoms with Crippen LogP contribution in [0.25, 0.3) is 0 Å². The molecule has 0 bridgehead atoms. The number of hydrogen-bond donors (Lipinski definition) is 3. The molecule has 0 aromatic rings. The molecular formula is C47H83O9P. The van der Waals surface area contributed by atoms with Gasteiger partial charge in [-0.15, -0.1) is 0 Å². The minimum absolute atomic E-state index is 0.156. The average Bonchev–Trinajstić information content (AvgIpc) is 3.18. The van der Waals surface area contributed by atoms with Crippen LogP contribution in [0.1, 0.15) is 200 Å². The van der Waals surface area contributed by atoms with E-state index in [1.807, 2.05) is 42.5 Å². The Morgan fingerprint density at radius 1 is 0.561 bits per heavy atom. The lowest BCUT2D eigenvalue weighted by Crippen LogP contribution is -2.29. The molecule has 3 N–H and O–H groups in total. The van der Waals surface area contributed by atoms with Gasteiger partial charge in [0.05, 0.1) is 12.7 Å². The third-order valence-electron chi connectivity index (χ3n) is 9.63. The predicted octanol–water partition coefficient (Wildman–Crippen LogP) is 13.0. The fourth-order valence-electron chi connectivity index (χ4n) is 6.26. The summed E-state index contributed by atoms with van der Waals surface area (Å²) in [6.45, 7) is 3.47. The van der Waals surface area contributed by atoms with Crippen LogP contribution in [-0.4, -0.2) is 52.3 Å². The zero-order valence-corrected chi connectivity index (χ0v) is 37.0. The van der Waals surface area contributed by atoms with Gasteiger partial charge in [-0.05, 0) is 44.9 Å². The van der Waals surface area contributed by atoms with E-state index in [1.165, 1.54) is 109 Å². The van der Waals surface area contributed by atoms with Crippen LogP contribution < -0.4 is 0 Å². The normalized spacial score (nSPS) is 13.6. The van der Waals surface area contributed by atoms with Crippen molar-refractivity contribution in [1.82, 2.24) is 0 Å². The Balaban J connectivity index is 3.99. The largest absolute Gasteiger partial charge is 0.469 e. The van der Waals surface area contributed by atoms with E-state index in [1.54, 1.807) is 6.08 Å². The fourth-order valence-corrected chi connectivity index (χ4v) is 6.62. The number of ether oxygens (including phenoxy) is 2. The summed E-state index contributed by atoms with van der Waals surface area (Å²) in [4.78, 5) is 42.9. The van der Waals surface area contributed by atoms with Gasteiger partial charge < -0.3 is 24.4 Å². The van der Waals surface area contributed by atoms with Crippen molar-refractivity contribution in [3.63, 3.8) is 0 Å². The second-order valence-corrected chi connectivity index (χ2v) is 16.4. The predicted molar refractivity (Wildman–Crippen MR) is 236 cm³/mol. The number of allylic oxidation sites excluding steroid dienone is 8. The van der Waals surface area contributed by atoms with Gasteiger partial charge in [0.25, 0.3) is 0 Å². The maximum Gasteiger partial charge on any atom is 0.469 e. The number of aliphatic hydroxyl groups is 1. The molecule has 0 aliphatic rings. The lowest BCUT2D eigenvalue weighted by molar-refractivity contribution is -0.161. The molecule has 57 heavy (non-hydrogen) atoms. The summed E-state index contributed by atoms with van der Waals surface area (Å²) in [5, 5.41) is 9.98. The van der Waals surface area contributed by atoms with Gasteiger partial charge in [0.15, 0.2) is 6.10 Å². The minimum atomic E-state index is -4.78. The number of rotatable bonds is 41. The monoisotopic (exact) mass is 823 g/mol. The van der Waals surface area contributed by atoms with Crippen LogP contribution in [0.2, 0.25) is 0 Å². The van der Waals surface area contributed by atoms with Crippen molar-refractivity contribution in [3.05, 3.63) is 60.8 Å². The highest BCUT2D eigenvalue weighted by Gasteiger charge is 2.22. The molecule has 0 amide bonds. The second-order valence-electron chi connectivity index (χ2n) is 15.2. The molecule has 0 aromatic heterocycles. The molecule has 2 atom stereocenters. The molecule has 330 valence electrons. The molecule has 0 rings (SSSR count). The highest BCUT2D eigenvalue weighted by Crippen LogP contribution is 2.36. The second kappa shape index (κ2) is 41.9. The third kappa shape index (κ3) is 44.7. The molecule has 0 saturated heterocycles. The smallest absolute Gasteiger partial charge is 0.462 e. The summed E-state index contributed by atoms with van der Waals surface area (Å²) in [7, 11) is -4.78. The molecule has 0 radical (unpaired) electrons. The van der Waals surface area contributed by atoms with Crippen molar-refractivity contribution in [2.24, 2.45) is 0 Å². The van der Waals surface area contributed by atoms with Gasteiger partial charge in [-0.25, -0.2) is 4.57 Å². The first-order valence-electron chi connectivity index (χ1n) is 22.7. The maximum absolute atomic E-state index is 12.4. The van der Waals surface area contributed by atoms with Gasteiger partial charge in [0.1, 0.15) is 6.61 Å². The van der Waals surface area contributed by atoms with Crippen LogP contribution in [0.4, 0.5) is 0 Å². The molecule has 0 aliphatic carbocycles. The van der Waals surface area contributed by atoms with Gasteiger partial charge >= 0.3 is 19.8 Å². The fraction of sp³-hybridized carbons (Fsp3) is 0.745. The Kier molecular flexibility index (Phi) is 40.2. The van der Waals surface area contributed by atoms with Gasteiger partial charge in [-0.3, -0.25) is 14.1 Å². The van der Waals surface area contributed by atoms with E-state index in [0.29, 0.717) is 25.7 Å². The lowest BCUT2D eigenvalue weighted by Gasteiger charge is -2.18. The van der Waals surface area contributed by atoms with Crippen LogP contribution in [0, 0.1) is 0 Å². The SMILES string of the molecule is CC/C=C\C/C=C\CC(O)/C=C/C=C\C/C=C\CCCC(=O)OC[C@H](COP(=O)(O)O)OC(=O)CCCCCCCCCCCCCCCCCCCCCCC. The van der Waals surface area contributed by atoms with E-state index in [2.05, 4.69) is 30.5 Å². The zero-order chi connectivity index (χ0) is 41.9. The molecule has 0 heterocycles. The van der Waals surface area contributed by atoms with E-state index in [9.17, 15) is 19.3 Å². The first-order chi connectivity index (χ1) is 27.7. The first kappa shape index (κ1) is 54.7. The number of unbranched alkanes of at least 4 members (excludes halogenated alkanes) is 21. The Morgan fingerprint density at radius 2 is 1.05 bits per heavy atom. The van der Waals surface area contributed by atoms with E-state index in [4.69, 9.17) is 19.3 Å². The molecule has 0 aromatic carbocycles. The Bertz CT molecular complexity index is 1120. The highest BCUT2D eigenvalue weighted by atomic mass is 31.2. The number of hydrogen-bond acceptors (Lipinski definition) is 7. The molecule has 0 aliphatic heterocycles. The average molecular weight is 823 g/mol. The van der Waals surface area contributed by atoms with E-state index < -0.39 is 38.6 Å². The molecule has 10 heteroatoms. The maximum atomic E-state index is 12.4. The molecular weight excluding hydrogens is 739 g/mol. The Hall–Kier alpha value is -2.29. The summed E-state index contributed by atoms with van der Waals surface area (Å²) in [6.07, 6.45) is 49.8. The molecule has 0 spiro atoms. The number of phosphoric ester groups is 1. The molecule has 9 nitrogen and oxygen atoms in total. The topological polar surface area (TPSA) is 140 Å². The van der Waals surface area contributed by atoms with Crippen molar-refractivity contribution in [1.29, 1.82) is 0 Å². The van der Waals surface area contributed by atoms with Crippen LogP contribution >= 0.6 is 7.82 Å². The summed E-state index contributed by atoms with van der Waals surface area (Å²) >= 11 is 0. The van der Waals surface area contributed by atoms with Crippen molar-refractivity contribution >= 4 is 19.8 Å². The van der Waals surface area contributed by atoms with Crippen LogP contribution in [0.15, 0.2) is 60.8 Å². The van der Waals surface area contributed by atoms with E-state index >= 15 is 0 Å². The lowest BCUT2D eigenvalue weighted by atomic mass is 10.0. The molecule has 1 unspecified atom stereocenters. The van der Waals surface area contributed by atoms with Crippen molar-refractivity contribution < 1.29 is 43.0 Å². The number of phosphoric acid groups is 1. The van der Waals surface area contributed by atoms with Crippen LogP contribution in [0.5, 0.6) is 0 Å². The summed E-state index contributed by atoms with van der Waals surface area (Å²) in [6, 6.07) is 0. The first-order valence-corrected chi connectivity index (χ1v) is 24.2. The summed E-state index contributed by atoms with van der Waals surface area (Å²) in [5.41, 5.74) is 0. The van der Waals surface area contributed by atoms with Crippen LogP contribution in [0.3, 0.4) is 0 Å². The Morgan fingerprint density at radius 3 is 1.60 bits per heavy atom. The van der Waals surface area contributed by atoms with Crippen LogP contribution in [-0.2, 0) is 28.2 Å². The summed E-state index contributed by atoms with van der Waals surface area (Å²) in [5.74, 6) is -0.988. The quantitative estimate of drug-likeness (QED) is 0.0181. The highest BCUT2D eigenvalue weighted by molar-refractivity contribution is 7.46. The van der Waals surface area contributed by atoms with E-state index in [-0.39, 0.29) is 19.4 Å². The number of carbonyl (C=O) groups is 2. The van der Waals surface area contributed by atoms with Gasteiger partial charge in [-0.1, -0.05) is 203 Å². The molecule has 0 saturated carbocycles. The zero-order valence-electron chi connectivity index (χ0n) is 36.1. The third-order valence-corrected chi connectivity index (χ3v) is 10.1. The standard InChI is InChI=1S/C47H83O9P/c1-3-5-7-9-11-12-13-14-15-16-17-18-19-20-21-22-23-24-29-33-37-41-47(50)56-45(43-55-57(51,52)53)42-54-46(49)40-36-32-28-26-25-27-31-35-39-44(48)38-34-30-10-8-6-4-2/h6,8,26-28,30-31,34-35,39,44-45,48H,3-5,7,9-25,29,32-33,36-38,40-43H2,1-2H3,(H2,51,52,53)/b8-6-,28-26-,31-27-,34-30-,39-35+/t44?,45-/m1/s1. The van der Waals surface area contributed by atoms with Gasteiger partial charge in [0, 0.05) is 12.8 Å². The van der Waals surface area contributed by atoms with Gasteiger partial charge in [0.2, 0.25) is 0 Å². The number of esters is 2. The van der Waals surface area contributed by atoms with Crippen molar-refractivity contribution in [3.8, 4) is 0 Å².